The first kappa shape index (κ1) is 20.9. The van der Waals surface area contributed by atoms with Gasteiger partial charge < -0.3 is 0 Å². The SMILES string of the molecule is C=Cc1ccc(C[n+]2ccc(-c3cc4ccc3CCc3ccc(c(Br)c3)CC4)cc2)cc1. The van der Waals surface area contributed by atoms with Gasteiger partial charge in [-0.15, -0.1) is 0 Å². The first-order chi connectivity index (χ1) is 15.7. The zero-order chi connectivity index (χ0) is 21.9. The van der Waals surface area contributed by atoms with Crippen molar-refractivity contribution >= 4 is 22.0 Å². The second-order valence-corrected chi connectivity index (χ2v) is 9.48. The lowest BCUT2D eigenvalue weighted by Gasteiger charge is -2.15. The largest absolute Gasteiger partial charge is 0.201 e. The minimum atomic E-state index is 0.870. The number of nitrogens with zero attached hydrogens (tertiary/aromatic N) is 1. The number of aryl methyl sites for hydroxylation is 4. The van der Waals surface area contributed by atoms with E-state index < -0.39 is 0 Å². The highest BCUT2D eigenvalue weighted by Gasteiger charge is 2.12. The Hall–Kier alpha value is -2.97. The molecule has 0 radical (unpaired) electrons. The predicted molar refractivity (Wildman–Crippen MR) is 137 cm³/mol. The molecule has 158 valence electrons. The van der Waals surface area contributed by atoms with Gasteiger partial charge >= 0.3 is 0 Å². The molecule has 0 saturated heterocycles. The molecule has 0 atom stereocenters. The fourth-order valence-electron chi connectivity index (χ4n) is 4.49. The summed E-state index contributed by atoms with van der Waals surface area (Å²) in [6.45, 7) is 4.70. The maximum Gasteiger partial charge on any atom is 0.173 e. The monoisotopic (exact) mass is 480 g/mol. The third-order valence-electron chi connectivity index (χ3n) is 6.44. The molecule has 0 amide bonds. The second kappa shape index (κ2) is 9.26. The van der Waals surface area contributed by atoms with E-state index in [4.69, 9.17) is 0 Å². The molecule has 1 nitrogen and oxygen atoms in total. The Morgan fingerprint density at radius 3 is 2.09 bits per heavy atom. The van der Waals surface area contributed by atoms with Crippen LogP contribution in [-0.2, 0) is 32.2 Å². The van der Waals surface area contributed by atoms with E-state index in [1.54, 1.807) is 0 Å². The molecule has 8 rings (SSSR count). The van der Waals surface area contributed by atoms with Crippen LogP contribution in [0.5, 0.6) is 0 Å². The molecule has 4 aliphatic rings. The van der Waals surface area contributed by atoms with Crippen LogP contribution in [0.3, 0.4) is 0 Å². The Labute approximate surface area is 199 Å². The molecule has 0 spiro atoms. The van der Waals surface area contributed by atoms with E-state index in [1.165, 1.54) is 43.4 Å². The minimum Gasteiger partial charge on any atom is -0.201 e. The van der Waals surface area contributed by atoms with Crippen LogP contribution in [0.25, 0.3) is 17.2 Å². The maximum atomic E-state index is 3.83. The summed E-state index contributed by atoms with van der Waals surface area (Å²) in [5.41, 5.74) is 10.7. The third kappa shape index (κ3) is 4.61. The van der Waals surface area contributed by atoms with Crippen molar-refractivity contribution in [1.29, 1.82) is 0 Å². The molecule has 0 fully saturated rings. The van der Waals surface area contributed by atoms with Gasteiger partial charge in [0, 0.05) is 22.2 Å². The summed E-state index contributed by atoms with van der Waals surface area (Å²) in [7, 11) is 0. The van der Waals surface area contributed by atoms with Gasteiger partial charge in [0.15, 0.2) is 18.9 Å². The normalized spacial score (nSPS) is 12.9. The maximum absolute atomic E-state index is 3.83. The minimum absolute atomic E-state index is 0.870. The van der Waals surface area contributed by atoms with Crippen molar-refractivity contribution in [2.45, 2.75) is 32.2 Å². The van der Waals surface area contributed by atoms with Gasteiger partial charge in [-0.3, -0.25) is 0 Å². The Morgan fingerprint density at radius 2 is 1.41 bits per heavy atom. The summed E-state index contributed by atoms with van der Waals surface area (Å²) < 4.78 is 3.49. The fourth-order valence-corrected chi connectivity index (χ4v) is 5.11. The molecule has 0 N–H and O–H groups in total. The molecule has 3 aromatic carbocycles. The van der Waals surface area contributed by atoms with Crippen molar-refractivity contribution < 1.29 is 4.57 Å². The molecule has 4 bridgehead atoms. The van der Waals surface area contributed by atoms with E-state index in [9.17, 15) is 0 Å². The van der Waals surface area contributed by atoms with Crippen molar-refractivity contribution in [2.24, 2.45) is 0 Å². The highest BCUT2D eigenvalue weighted by Crippen LogP contribution is 2.29. The summed E-state index contributed by atoms with van der Waals surface area (Å²) in [5.74, 6) is 0. The van der Waals surface area contributed by atoms with E-state index in [2.05, 4.69) is 112 Å². The predicted octanol–water partition coefficient (Wildman–Crippen LogP) is 6.98. The number of pyridine rings is 1. The molecule has 1 heterocycles. The summed E-state index contributed by atoms with van der Waals surface area (Å²) in [4.78, 5) is 0. The Balaban J connectivity index is 1.41. The van der Waals surface area contributed by atoms with E-state index in [0.717, 1.165) is 37.8 Å². The zero-order valence-electron chi connectivity index (χ0n) is 18.2. The van der Waals surface area contributed by atoms with Gasteiger partial charge in [0.05, 0.1) is 0 Å². The summed E-state index contributed by atoms with van der Waals surface area (Å²) in [6, 6.07) is 27.1. The van der Waals surface area contributed by atoms with E-state index in [1.807, 2.05) is 6.08 Å². The van der Waals surface area contributed by atoms with Crippen molar-refractivity contribution in [1.82, 2.24) is 0 Å². The standard InChI is InChI=1S/C30H27BrN/c1-2-22-3-5-25(6-4-22)21-32-17-15-27(16-18-32)29-19-23-7-11-26(29)12-8-24-10-14-28(13-9-23)30(31)20-24/h2-7,10-11,14-20H,1,8-9,12-13,21H2/q+1. The highest BCUT2D eigenvalue weighted by molar-refractivity contribution is 9.10. The number of benzene rings is 3. The molecule has 0 unspecified atom stereocenters. The van der Waals surface area contributed by atoms with Crippen LogP contribution in [0, 0.1) is 0 Å². The van der Waals surface area contributed by atoms with E-state index >= 15 is 0 Å². The first-order valence-electron chi connectivity index (χ1n) is 11.3. The van der Waals surface area contributed by atoms with Crippen LogP contribution < -0.4 is 4.57 Å². The van der Waals surface area contributed by atoms with Gasteiger partial charge in [-0.25, -0.2) is 4.57 Å². The number of halogens is 1. The van der Waals surface area contributed by atoms with Crippen molar-refractivity contribution in [3.63, 3.8) is 0 Å². The van der Waals surface area contributed by atoms with Crippen LogP contribution in [0.15, 0.2) is 96.2 Å². The Kier molecular flexibility index (Phi) is 6.05. The van der Waals surface area contributed by atoms with Crippen LogP contribution in [-0.4, -0.2) is 0 Å². The number of rotatable bonds is 4. The summed E-state index contributed by atoms with van der Waals surface area (Å²) in [6.07, 6.45) is 10.5. The third-order valence-corrected chi connectivity index (χ3v) is 7.18. The van der Waals surface area contributed by atoms with Gasteiger partial charge in [-0.05, 0) is 70.7 Å². The summed E-state index contributed by atoms with van der Waals surface area (Å²) >= 11 is 3.77. The van der Waals surface area contributed by atoms with Gasteiger partial charge in [-0.1, -0.05) is 83.2 Å². The Morgan fingerprint density at radius 1 is 0.750 bits per heavy atom. The topological polar surface area (TPSA) is 3.88 Å². The van der Waals surface area contributed by atoms with E-state index in [0.29, 0.717) is 0 Å². The molecule has 4 aromatic rings. The van der Waals surface area contributed by atoms with Crippen LogP contribution in [0.2, 0.25) is 0 Å². The first-order valence-corrected chi connectivity index (χ1v) is 12.1. The van der Waals surface area contributed by atoms with Crippen molar-refractivity contribution in [3.8, 4) is 11.1 Å². The fraction of sp³-hybridized carbons (Fsp3) is 0.167. The van der Waals surface area contributed by atoms with Crippen molar-refractivity contribution in [2.75, 3.05) is 0 Å². The molecular weight excluding hydrogens is 454 g/mol. The summed E-state index contributed by atoms with van der Waals surface area (Å²) in [5, 5.41) is 0. The van der Waals surface area contributed by atoms with Gasteiger partial charge in [-0.2, -0.15) is 0 Å². The zero-order valence-corrected chi connectivity index (χ0v) is 19.8. The average Bonchev–Trinajstić information content (AvgIpc) is 2.82. The number of hydrogen-bond donors (Lipinski definition) is 0. The number of hydrogen-bond acceptors (Lipinski definition) is 0. The molecule has 1 aromatic heterocycles. The highest BCUT2D eigenvalue weighted by atomic mass is 79.9. The van der Waals surface area contributed by atoms with Gasteiger partial charge in [0.1, 0.15) is 0 Å². The Bertz CT molecular complexity index is 1250. The molecule has 0 saturated carbocycles. The molecule has 32 heavy (non-hydrogen) atoms. The second-order valence-electron chi connectivity index (χ2n) is 8.62. The lowest BCUT2D eigenvalue weighted by molar-refractivity contribution is -0.688. The molecular formula is C30H27BrN+. The number of aromatic nitrogens is 1. The molecule has 2 heteroatoms. The lowest BCUT2D eigenvalue weighted by atomic mass is 9.91. The van der Waals surface area contributed by atoms with Crippen LogP contribution in [0.1, 0.15) is 33.4 Å². The van der Waals surface area contributed by atoms with Crippen molar-refractivity contribution in [3.05, 3.63) is 130 Å². The average molecular weight is 481 g/mol. The van der Waals surface area contributed by atoms with Gasteiger partial charge in [0.2, 0.25) is 0 Å². The van der Waals surface area contributed by atoms with Gasteiger partial charge in [0.25, 0.3) is 0 Å². The smallest absolute Gasteiger partial charge is 0.173 e. The lowest BCUT2D eigenvalue weighted by Crippen LogP contribution is -2.33. The van der Waals surface area contributed by atoms with E-state index in [-0.39, 0.29) is 0 Å². The molecule has 0 aliphatic heterocycles. The molecule has 4 aliphatic carbocycles. The van der Waals surface area contributed by atoms with Crippen LogP contribution >= 0.6 is 15.9 Å². The quantitative estimate of drug-likeness (QED) is 0.277. The van der Waals surface area contributed by atoms with Crippen LogP contribution in [0.4, 0.5) is 0 Å².